The Morgan fingerprint density at radius 3 is 2.88 bits per heavy atom. The van der Waals surface area contributed by atoms with Gasteiger partial charge in [-0.15, -0.1) is 0 Å². The number of carbonyl (C=O) groups excluding carboxylic acids is 1. The van der Waals surface area contributed by atoms with Gasteiger partial charge in [0.25, 0.3) is 5.91 Å². The molecule has 1 aromatic rings. The predicted octanol–water partition coefficient (Wildman–Crippen LogP) is 0.788. The first-order valence-electron chi connectivity index (χ1n) is 5.60. The summed E-state index contributed by atoms with van der Waals surface area (Å²) in [6.07, 6.45) is 2.92. The van der Waals surface area contributed by atoms with Crippen LogP contribution in [0.3, 0.4) is 0 Å². The normalized spacial score (nSPS) is 11.9. The van der Waals surface area contributed by atoms with Crippen molar-refractivity contribution in [3.63, 3.8) is 0 Å². The van der Waals surface area contributed by atoms with Crippen LogP contribution in [0.1, 0.15) is 35.8 Å². The summed E-state index contributed by atoms with van der Waals surface area (Å²) in [7, 11) is 1.72. The summed E-state index contributed by atoms with van der Waals surface area (Å²) >= 11 is 0. The van der Waals surface area contributed by atoms with Crippen LogP contribution in [-0.4, -0.2) is 28.2 Å². The van der Waals surface area contributed by atoms with Gasteiger partial charge in [-0.25, -0.2) is 0 Å². The minimum atomic E-state index is -0.214. The molecule has 92 valence electrons. The van der Waals surface area contributed by atoms with Gasteiger partial charge in [0.2, 0.25) is 0 Å². The second-order valence-corrected chi connectivity index (χ2v) is 3.93. The van der Waals surface area contributed by atoms with Crippen molar-refractivity contribution in [2.24, 2.45) is 7.05 Å². The van der Waals surface area contributed by atoms with E-state index in [0.717, 1.165) is 6.42 Å². The van der Waals surface area contributed by atoms with Crippen LogP contribution in [0, 0.1) is 11.3 Å². The minimum Gasteiger partial charge on any atom is -0.396 e. The zero-order chi connectivity index (χ0) is 12.8. The first-order valence-corrected chi connectivity index (χ1v) is 5.60. The molecule has 0 aliphatic heterocycles. The second kappa shape index (κ2) is 6.06. The number of rotatable bonds is 5. The molecule has 1 rings (SSSR count). The van der Waals surface area contributed by atoms with Gasteiger partial charge in [-0.3, -0.25) is 4.79 Å². The Kier molecular flexibility index (Phi) is 4.73. The Morgan fingerprint density at radius 1 is 1.71 bits per heavy atom. The van der Waals surface area contributed by atoms with Gasteiger partial charge in [0.1, 0.15) is 11.8 Å². The van der Waals surface area contributed by atoms with Crippen molar-refractivity contribution < 1.29 is 9.90 Å². The zero-order valence-corrected chi connectivity index (χ0v) is 10.1. The smallest absolute Gasteiger partial charge is 0.268 e. The fraction of sp³-hybridized carbons (Fsp3) is 0.500. The van der Waals surface area contributed by atoms with E-state index in [1.54, 1.807) is 23.9 Å². The molecule has 5 heteroatoms. The van der Waals surface area contributed by atoms with Crippen molar-refractivity contribution >= 4 is 5.91 Å². The molecular weight excluding hydrogens is 218 g/mol. The van der Waals surface area contributed by atoms with E-state index >= 15 is 0 Å². The average Bonchev–Trinajstić information content (AvgIpc) is 2.70. The predicted molar refractivity (Wildman–Crippen MR) is 63.4 cm³/mol. The van der Waals surface area contributed by atoms with Crippen LogP contribution in [0.4, 0.5) is 0 Å². The third-order valence-corrected chi connectivity index (χ3v) is 2.67. The van der Waals surface area contributed by atoms with Crippen LogP contribution < -0.4 is 5.32 Å². The number of aryl methyl sites for hydroxylation is 1. The number of hydrogen-bond donors (Lipinski definition) is 2. The average molecular weight is 235 g/mol. The van der Waals surface area contributed by atoms with Gasteiger partial charge in [0, 0.05) is 25.9 Å². The molecular formula is C12H17N3O2. The van der Waals surface area contributed by atoms with Gasteiger partial charge in [-0.1, -0.05) is 6.92 Å². The molecule has 0 bridgehead atoms. The van der Waals surface area contributed by atoms with Gasteiger partial charge in [0.15, 0.2) is 0 Å². The summed E-state index contributed by atoms with van der Waals surface area (Å²) in [5, 5.41) is 20.4. The highest BCUT2D eigenvalue weighted by Crippen LogP contribution is 2.07. The van der Waals surface area contributed by atoms with Crippen molar-refractivity contribution in [3.05, 3.63) is 23.5 Å². The van der Waals surface area contributed by atoms with E-state index in [0.29, 0.717) is 17.7 Å². The maximum atomic E-state index is 11.9. The molecule has 0 saturated carbocycles. The van der Waals surface area contributed by atoms with E-state index in [1.165, 1.54) is 0 Å². The highest BCUT2D eigenvalue weighted by molar-refractivity contribution is 5.93. The Bertz CT molecular complexity index is 431. The van der Waals surface area contributed by atoms with E-state index in [2.05, 4.69) is 5.32 Å². The highest BCUT2D eigenvalue weighted by atomic mass is 16.3. The lowest BCUT2D eigenvalue weighted by Gasteiger charge is -2.15. The molecule has 1 unspecified atom stereocenters. The molecule has 1 aromatic heterocycles. The molecule has 0 spiro atoms. The quantitative estimate of drug-likeness (QED) is 0.792. The Balaban J connectivity index is 2.75. The number of hydrogen-bond acceptors (Lipinski definition) is 3. The van der Waals surface area contributed by atoms with Crippen LogP contribution in [0.2, 0.25) is 0 Å². The Morgan fingerprint density at radius 2 is 2.41 bits per heavy atom. The lowest BCUT2D eigenvalue weighted by atomic mass is 10.1. The van der Waals surface area contributed by atoms with Gasteiger partial charge >= 0.3 is 0 Å². The monoisotopic (exact) mass is 235 g/mol. The van der Waals surface area contributed by atoms with E-state index in [9.17, 15) is 4.79 Å². The maximum Gasteiger partial charge on any atom is 0.268 e. The van der Waals surface area contributed by atoms with Gasteiger partial charge in [0.05, 0.1) is 5.56 Å². The van der Waals surface area contributed by atoms with Crippen LogP contribution >= 0.6 is 0 Å². The summed E-state index contributed by atoms with van der Waals surface area (Å²) in [4.78, 5) is 11.9. The van der Waals surface area contributed by atoms with Crippen molar-refractivity contribution in [2.75, 3.05) is 6.61 Å². The minimum absolute atomic E-state index is 0.0343. The highest BCUT2D eigenvalue weighted by Gasteiger charge is 2.15. The second-order valence-electron chi connectivity index (χ2n) is 3.93. The number of carbonyl (C=O) groups is 1. The van der Waals surface area contributed by atoms with E-state index < -0.39 is 0 Å². The number of aliphatic hydroxyl groups excluding tert-OH is 1. The third-order valence-electron chi connectivity index (χ3n) is 2.67. The largest absolute Gasteiger partial charge is 0.396 e. The van der Waals surface area contributed by atoms with Crippen LogP contribution in [0.15, 0.2) is 12.3 Å². The zero-order valence-electron chi connectivity index (χ0n) is 10.1. The summed E-state index contributed by atoms with van der Waals surface area (Å²) in [5.74, 6) is -0.214. The van der Waals surface area contributed by atoms with E-state index in [1.807, 2.05) is 13.0 Å². The van der Waals surface area contributed by atoms with E-state index in [-0.39, 0.29) is 18.6 Å². The molecule has 0 aliphatic rings. The summed E-state index contributed by atoms with van der Waals surface area (Å²) < 4.78 is 1.62. The van der Waals surface area contributed by atoms with Crippen molar-refractivity contribution in [1.29, 1.82) is 5.26 Å². The van der Waals surface area contributed by atoms with Gasteiger partial charge in [-0.2, -0.15) is 5.26 Å². The Labute approximate surface area is 101 Å². The number of nitriles is 1. The molecule has 1 atom stereocenters. The molecule has 1 heterocycles. The summed E-state index contributed by atoms with van der Waals surface area (Å²) in [6, 6.07) is 3.52. The molecule has 0 radical (unpaired) electrons. The van der Waals surface area contributed by atoms with Crippen LogP contribution in [0.25, 0.3) is 0 Å². The molecule has 17 heavy (non-hydrogen) atoms. The van der Waals surface area contributed by atoms with Crippen LogP contribution in [-0.2, 0) is 7.05 Å². The topological polar surface area (TPSA) is 78.1 Å². The molecule has 1 amide bonds. The van der Waals surface area contributed by atoms with E-state index in [4.69, 9.17) is 10.4 Å². The van der Waals surface area contributed by atoms with Crippen molar-refractivity contribution in [3.8, 4) is 6.07 Å². The fourth-order valence-corrected chi connectivity index (χ4v) is 1.64. The molecule has 0 fully saturated rings. The van der Waals surface area contributed by atoms with Gasteiger partial charge < -0.3 is 15.0 Å². The lowest BCUT2D eigenvalue weighted by molar-refractivity contribution is 0.0921. The van der Waals surface area contributed by atoms with Gasteiger partial charge in [-0.05, 0) is 18.9 Å². The van der Waals surface area contributed by atoms with Crippen LogP contribution in [0.5, 0.6) is 0 Å². The number of nitrogens with one attached hydrogen (secondary N) is 1. The number of aliphatic hydroxyl groups is 1. The Hall–Kier alpha value is -1.80. The molecule has 2 N–H and O–H groups in total. The standard InChI is InChI=1S/C12H17N3O2/c1-3-10(4-5-16)14-12(17)11-6-9(7-13)8-15(11)2/h6,8,10,16H,3-5H2,1-2H3,(H,14,17). The SMILES string of the molecule is CCC(CCO)NC(=O)c1cc(C#N)cn1C. The number of nitrogens with zero attached hydrogens (tertiary/aromatic N) is 2. The molecule has 0 saturated heterocycles. The first-order chi connectivity index (χ1) is 8.12. The van der Waals surface area contributed by atoms with Crippen molar-refractivity contribution in [2.45, 2.75) is 25.8 Å². The molecule has 5 nitrogen and oxygen atoms in total. The fourth-order valence-electron chi connectivity index (χ4n) is 1.64. The first kappa shape index (κ1) is 13.3. The molecule has 0 aromatic carbocycles. The lowest BCUT2D eigenvalue weighted by Crippen LogP contribution is -2.35. The number of aromatic nitrogens is 1. The number of amides is 1. The summed E-state index contributed by atoms with van der Waals surface area (Å²) in [5.41, 5.74) is 0.922. The third kappa shape index (κ3) is 3.33. The molecule has 0 aliphatic carbocycles. The van der Waals surface area contributed by atoms with Crippen molar-refractivity contribution in [1.82, 2.24) is 9.88 Å². The maximum absolute atomic E-state index is 11.9. The summed E-state index contributed by atoms with van der Waals surface area (Å²) in [6.45, 7) is 2.00.